The van der Waals surface area contributed by atoms with Gasteiger partial charge in [-0.15, -0.1) is 0 Å². The number of alkyl halides is 13. The van der Waals surface area contributed by atoms with Crippen molar-refractivity contribution in [3.8, 4) is 0 Å². The van der Waals surface area contributed by atoms with E-state index in [9.17, 15) is 61.9 Å². The van der Waals surface area contributed by atoms with Crippen LogP contribution in [0.3, 0.4) is 0 Å². The zero-order valence-electron chi connectivity index (χ0n) is 20.7. The summed E-state index contributed by atoms with van der Waals surface area (Å²) in [6.45, 7) is 2.09. The van der Waals surface area contributed by atoms with Crippen LogP contribution in [0.15, 0.2) is 0 Å². The van der Waals surface area contributed by atoms with E-state index >= 15 is 0 Å². The Morgan fingerprint density at radius 2 is 0.868 bits per heavy atom. The van der Waals surface area contributed by atoms with Crippen LogP contribution in [0, 0.1) is 0 Å². The zero-order chi connectivity index (χ0) is 30.1. The van der Waals surface area contributed by atoms with Gasteiger partial charge in [0.15, 0.2) is 6.17 Å². The fourth-order valence-corrected chi connectivity index (χ4v) is 3.65. The fraction of sp³-hybridized carbons (Fsp3) is 0.957. The normalized spacial score (nSPS) is 15.1. The van der Waals surface area contributed by atoms with Crippen molar-refractivity contribution < 1.29 is 67.0 Å². The van der Waals surface area contributed by atoms with E-state index in [1.54, 1.807) is 0 Å². The SMILES string of the molecule is CCCCCCCCCCCCCCCC(F)C(F)(F)C(F)(F)C(F)(F)C(F)(F)C(F)(F)C(F)(F)C(=O)O. The van der Waals surface area contributed by atoms with Crippen molar-refractivity contribution in [1.29, 1.82) is 0 Å². The van der Waals surface area contributed by atoms with Crippen LogP contribution in [-0.2, 0) is 4.79 Å². The first kappa shape index (κ1) is 36.6. The highest BCUT2D eigenvalue weighted by Gasteiger charge is 2.91. The molecule has 0 spiro atoms. The molecule has 228 valence electrons. The molecular weight excluding hydrogens is 555 g/mol. The number of carboxylic acid groups (broad SMARTS) is 1. The molecule has 0 amide bonds. The Hall–Kier alpha value is -1.44. The first-order valence-corrected chi connectivity index (χ1v) is 12.3. The summed E-state index contributed by atoms with van der Waals surface area (Å²) in [6, 6.07) is 0. The first-order valence-electron chi connectivity index (χ1n) is 12.3. The molecule has 15 heteroatoms. The molecule has 1 N–H and O–H groups in total. The smallest absolute Gasteiger partial charge is 0.410 e. The van der Waals surface area contributed by atoms with E-state index < -0.39 is 60.5 Å². The summed E-state index contributed by atoms with van der Waals surface area (Å²) in [5.74, 6) is -49.2. The molecular formula is C23H33F13O2. The van der Waals surface area contributed by atoms with Crippen molar-refractivity contribution in [2.45, 2.75) is 139 Å². The maximum Gasteiger partial charge on any atom is 0.410 e. The summed E-state index contributed by atoms with van der Waals surface area (Å²) in [5, 5.41) is 7.90. The first-order chi connectivity index (χ1) is 17.2. The van der Waals surface area contributed by atoms with Crippen molar-refractivity contribution in [3.05, 3.63) is 0 Å². The van der Waals surface area contributed by atoms with Crippen molar-refractivity contribution >= 4 is 5.97 Å². The minimum Gasteiger partial charge on any atom is -0.477 e. The van der Waals surface area contributed by atoms with E-state index in [0.717, 1.165) is 51.4 Å². The van der Waals surface area contributed by atoms with Gasteiger partial charge in [-0.2, -0.15) is 52.7 Å². The average Bonchev–Trinajstić information content (AvgIpc) is 2.80. The lowest BCUT2D eigenvalue weighted by atomic mass is 9.89. The predicted molar refractivity (Wildman–Crippen MR) is 113 cm³/mol. The number of halogens is 13. The van der Waals surface area contributed by atoms with Crippen LogP contribution in [0.4, 0.5) is 57.1 Å². The molecule has 0 aromatic carbocycles. The van der Waals surface area contributed by atoms with E-state index in [0.29, 0.717) is 12.8 Å². The summed E-state index contributed by atoms with van der Waals surface area (Å²) in [7, 11) is 0. The molecule has 0 aromatic heterocycles. The fourth-order valence-electron chi connectivity index (χ4n) is 3.65. The van der Waals surface area contributed by atoms with E-state index in [2.05, 4.69) is 6.92 Å². The van der Waals surface area contributed by atoms with Crippen LogP contribution in [0.5, 0.6) is 0 Å². The second-order valence-corrected chi connectivity index (χ2v) is 9.30. The predicted octanol–water partition coefficient (Wildman–Crippen LogP) is 9.70. The summed E-state index contributed by atoms with van der Waals surface area (Å²) in [6.07, 6.45) is 3.78. The number of aliphatic carboxylic acids is 1. The molecule has 0 radical (unpaired) electrons. The lowest BCUT2D eigenvalue weighted by Crippen LogP contribution is -2.72. The van der Waals surface area contributed by atoms with Crippen LogP contribution in [0.2, 0.25) is 0 Å². The number of unbranched alkanes of at least 4 members (excludes halogenated alkanes) is 12. The van der Waals surface area contributed by atoms with Gasteiger partial charge in [0.05, 0.1) is 0 Å². The average molecular weight is 588 g/mol. The van der Waals surface area contributed by atoms with Crippen molar-refractivity contribution in [1.82, 2.24) is 0 Å². The second-order valence-electron chi connectivity index (χ2n) is 9.30. The minimum absolute atomic E-state index is 0.0193. The van der Waals surface area contributed by atoms with Gasteiger partial charge in [0.25, 0.3) is 0 Å². The van der Waals surface area contributed by atoms with E-state index in [-0.39, 0.29) is 6.42 Å². The van der Waals surface area contributed by atoms with Gasteiger partial charge in [-0.3, -0.25) is 0 Å². The van der Waals surface area contributed by atoms with Crippen molar-refractivity contribution in [2.75, 3.05) is 0 Å². The molecule has 0 fully saturated rings. The summed E-state index contributed by atoms with van der Waals surface area (Å²) in [4.78, 5) is 10.1. The van der Waals surface area contributed by atoms with Crippen LogP contribution < -0.4 is 0 Å². The molecule has 2 nitrogen and oxygen atoms in total. The third-order valence-corrected chi connectivity index (χ3v) is 6.22. The third-order valence-electron chi connectivity index (χ3n) is 6.22. The molecule has 0 heterocycles. The van der Waals surface area contributed by atoms with Crippen molar-refractivity contribution in [2.24, 2.45) is 0 Å². The Kier molecular flexibility index (Phi) is 13.7. The Morgan fingerprint density at radius 3 is 1.21 bits per heavy atom. The van der Waals surface area contributed by atoms with Gasteiger partial charge in [-0.1, -0.05) is 90.4 Å². The largest absolute Gasteiger partial charge is 0.477 e. The quantitative estimate of drug-likeness (QED) is 0.107. The molecule has 1 unspecified atom stereocenters. The molecule has 38 heavy (non-hydrogen) atoms. The lowest BCUT2D eigenvalue weighted by molar-refractivity contribution is -0.425. The highest BCUT2D eigenvalue weighted by atomic mass is 19.4. The third kappa shape index (κ3) is 7.82. The standard InChI is InChI=1S/C23H33F13O2/c1-2-3-4-5-6-7-8-9-10-11-12-13-14-15-16(24)18(25,26)20(29,30)22(33,34)23(35,36)21(31,32)19(27,28)17(37)38/h16H,2-15H2,1H3,(H,37,38). The summed E-state index contributed by atoms with van der Waals surface area (Å²) < 4.78 is 176. The Balaban J connectivity index is 4.93. The van der Waals surface area contributed by atoms with Gasteiger partial charge < -0.3 is 5.11 Å². The molecule has 0 saturated heterocycles. The molecule has 0 aromatic rings. The zero-order valence-corrected chi connectivity index (χ0v) is 20.7. The topological polar surface area (TPSA) is 37.3 Å². The molecule has 0 saturated carbocycles. The van der Waals surface area contributed by atoms with Gasteiger partial charge in [-0.25, -0.2) is 9.18 Å². The minimum atomic E-state index is -8.02. The molecule has 0 aliphatic heterocycles. The monoisotopic (exact) mass is 588 g/mol. The Morgan fingerprint density at radius 1 is 0.553 bits per heavy atom. The van der Waals surface area contributed by atoms with Gasteiger partial charge in [0.2, 0.25) is 0 Å². The Labute approximate surface area is 212 Å². The highest BCUT2D eigenvalue weighted by molar-refractivity contribution is 5.77. The van der Waals surface area contributed by atoms with Crippen LogP contribution >= 0.6 is 0 Å². The molecule has 0 rings (SSSR count). The lowest BCUT2D eigenvalue weighted by Gasteiger charge is -2.41. The van der Waals surface area contributed by atoms with Crippen LogP contribution in [-0.4, -0.2) is 52.8 Å². The number of hydrogen-bond donors (Lipinski definition) is 1. The maximum absolute atomic E-state index is 13.8. The van der Waals surface area contributed by atoms with E-state index in [1.807, 2.05) is 0 Å². The number of hydrogen-bond acceptors (Lipinski definition) is 1. The number of carbonyl (C=O) groups is 1. The van der Waals surface area contributed by atoms with Gasteiger partial charge >= 0.3 is 41.5 Å². The van der Waals surface area contributed by atoms with E-state index in [1.165, 1.54) is 6.42 Å². The Bertz CT molecular complexity index is 711. The van der Waals surface area contributed by atoms with Gasteiger partial charge in [-0.05, 0) is 6.42 Å². The number of rotatable bonds is 21. The van der Waals surface area contributed by atoms with Crippen molar-refractivity contribution in [3.63, 3.8) is 0 Å². The number of carboxylic acids is 1. The highest BCUT2D eigenvalue weighted by Crippen LogP contribution is 2.60. The summed E-state index contributed by atoms with van der Waals surface area (Å²) in [5.41, 5.74) is 0. The van der Waals surface area contributed by atoms with Crippen LogP contribution in [0.1, 0.15) is 96.8 Å². The molecule has 1 atom stereocenters. The molecule has 0 aliphatic rings. The van der Waals surface area contributed by atoms with E-state index in [4.69, 9.17) is 5.11 Å². The van der Waals surface area contributed by atoms with Gasteiger partial charge in [0.1, 0.15) is 0 Å². The second kappa shape index (κ2) is 14.3. The summed E-state index contributed by atoms with van der Waals surface area (Å²) >= 11 is 0. The molecule has 0 aliphatic carbocycles. The molecule has 0 bridgehead atoms. The maximum atomic E-state index is 13.8. The van der Waals surface area contributed by atoms with Gasteiger partial charge in [0, 0.05) is 0 Å². The van der Waals surface area contributed by atoms with Crippen LogP contribution in [0.25, 0.3) is 0 Å².